The maximum Gasteiger partial charge on any atom is 0.321 e. The van der Waals surface area contributed by atoms with Crippen molar-refractivity contribution in [1.82, 2.24) is 10.2 Å². The van der Waals surface area contributed by atoms with E-state index in [1.165, 1.54) is 24.3 Å². The zero-order chi connectivity index (χ0) is 23.4. The highest BCUT2D eigenvalue weighted by Gasteiger charge is 2.42. The van der Waals surface area contributed by atoms with Crippen LogP contribution >= 0.6 is 0 Å². The summed E-state index contributed by atoms with van der Waals surface area (Å²) in [7, 11) is 0. The van der Waals surface area contributed by atoms with E-state index in [0.717, 1.165) is 5.56 Å². The molecule has 0 saturated carbocycles. The third kappa shape index (κ3) is 5.19. The van der Waals surface area contributed by atoms with Crippen LogP contribution in [0.1, 0.15) is 30.9 Å². The average molecular weight is 452 g/mol. The number of rotatable bonds is 5. The van der Waals surface area contributed by atoms with Crippen LogP contribution in [0.5, 0.6) is 0 Å². The molecule has 0 aromatic heterocycles. The first-order valence-electron chi connectivity index (χ1n) is 10.9. The molecule has 2 aromatic rings. The summed E-state index contributed by atoms with van der Waals surface area (Å²) in [6.45, 7) is 2.95. The minimum absolute atomic E-state index is 0.183. The van der Waals surface area contributed by atoms with Gasteiger partial charge in [0.2, 0.25) is 0 Å². The van der Waals surface area contributed by atoms with Gasteiger partial charge in [-0.25, -0.2) is 9.18 Å². The van der Waals surface area contributed by atoms with E-state index < -0.39 is 5.66 Å². The van der Waals surface area contributed by atoms with Crippen LogP contribution in [-0.2, 0) is 20.7 Å². The van der Waals surface area contributed by atoms with Crippen LogP contribution < -0.4 is 10.6 Å². The van der Waals surface area contributed by atoms with Crippen molar-refractivity contribution in [3.05, 3.63) is 65.5 Å². The van der Waals surface area contributed by atoms with E-state index in [0.29, 0.717) is 43.8 Å². The van der Waals surface area contributed by atoms with Crippen LogP contribution in [-0.4, -0.2) is 53.9 Å². The monoisotopic (exact) mass is 452 g/mol. The van der Waals surface area contributed by atoms with Gasteiger partial charge in [-0.05, 0) is 48.9 Å². The molecule has 33 heavy (non-hydrogen) atoms. The highest BCUT2D eigenvalue weighted by atomic mass is 19.1. The molecule has 1 fully saturated rings. The van der Waals surface area contributed by atoms with Crippen molar-refractivity contribution < 1.29 is 23.5 Å². The lowest BCUT2D eigenvalue weighted by Crippen LogP contribution is -2.53. The van der Waals surface area contributed by atoms with Gasteiger partial charge in [-0.15, -0.1) is 0 Å². The summed E-state index contributed by atoms with van der Waals surface area (Å²) in [4.78, 5) is 43.0. The van der Waals surface area contributed by atoms with Crippen LogP contribution in [0.3, 0.4) is 0 Å². The second-order valence-electron chi connectivity index (χ2n) is 8.05. The summed E-state index contributed by atoms with van der Waals surface area (Å²) in [6.07, 6.45) is 1.15. The maximum atomic E-state index is 13.2. The van der Waals surface area contributed by atoms with E-state index in [1.54, 1.807) is 36.1 Å². The number of carbonyl (C=O) groups excluding carboxylic acids is 3. The van der Waals surface area contributed by atoms with Gasteiger partial charge >= 0.3 is 12.0 Å². The number of urea groups is 1. The largest absolute Gasteiger partial charge is 0.466 e. The molecule has 2 N–H and O–H groups in total. The molecule has 0 radical (unpaired) electrons. The van der Waals surface area contributed by atoms with Crippen LogP contribution in [0.25, 0.3) is 0 Å². The molecule has 3 amide bonds. The second kappa shape index (κ2) is 9.40. The molecule has 4 rings (SSSR count). The molecule has 1 spiro atoms. The SMILES string of the molecule is CCOC(=O)Cc1ccc(NC(=O)N2CCC3(CC2)N=C(c2ccc(F)cc2)C(=O)N3)cc1. The number of aliphatic imine (C=N–C) groups is 1. The van der Waals surface area contributed by atoms with Gasteiger partial charge in [-0.2, -0.15) is 0 Å². The number of hydrogen-bond donors (Lipinski definition) is 2. The van der Waals surface area contributed by atoms with Crippen molar-refractivity contribution in [2.45, 2.75) is 31.8 Å². The number of hydrogen-bond acceptors (Lipinski definition) is 5. The fourth-order valence-electron chi connectivity index (χ4n) is 3.97. The lowest BCUT2D eigenvalue weighted by Gasteiger charge is -2.37. The molecule has 2 heterocycles. The van der Waals surface area contributed by atoms with Gasteiger partial charge < -0.3 is 20.3 Å². The summed E-state index contributed by atoms with van der Waals surface area (Å²) in [5.74, 6) is -0.955. The Labute approximate surface area is 190 Å². The van der Waals surface area contributed by atoms with E-state index in [9.17, 15) is 18.8 Å². The Bertz CT molecular complexity index is 1070. The Balaban J connectivity index is 1.33. The number of ether oxygens (including phenoxy) is 1. The number of nitrogens with one attached hydrogen (secondary N) is 2. The molecule has 2 aliphatic rings. The topological polar surface area (TPSA) is 100 Å². The summed E-state index contributed by atoms with van der Waals surface area (Å²) in [5.41, 5.74) is 1.54. The number of nitrogens with zero attached hydrogens (tertiary/aromatic N) is 2. The second-order valence-corrected chi connectivity index (χ2v) is 8.05. The molecular formula is C24H25FN4O4. The van der Waals surface area contributed by atoms with Crippen molar-refractivity contribution >= 4 is 29.3 Å². The molecule has 8 nitrogen and oxygen atoms in total. The van der Waals surface area contributed by atoms with E-state index in [1.807, 2.05) is 0 Å². The summed E-state index contributed by atoms with van der Waals surface area (Å²) < 4.78 is 18.1. The zero-order valence-corrected chi connectivity index (χ0v) is 18.3. The number of anilines is 1. The summed E-state index contributed by atoms with van der Waals surface area (Å²) in [6, 6.07) is 12.5. The molecular weight excluding hydrogens is 427 g/mol. The Kier molecular flexibility index (Phi) is 6.39. The maximum absolute atomic E-state index is 13.2. The Hall–Kier alpha value is -3.75. The van der Waals surface area contributed by atoms with Crippen molar-refractivity contribution in [3.8, 4) is 0 Å². The number of benzene rings is 2. The number of esters is 1. The van der Waals surface area contributed by atoms with E-state index in [-0.39, 0.29) is 35.9 Å². The molecule has 0 atom stereocenters. The van der Waals surface area contributed by atoms with Crippen LogP contribution in [0.4, 0.5) is 14.9 Å². The molecule has 1 saturated heterocycles. The van der Waals surface area contributed by atoms with Crippen molar-refractivity contribution in [1.29, 1.82) is 0 Å². The number of carbonyl (C=O) groups is 3. The van der Waals surface area contributed by atoms with Crippen LogP contribution in [0, 0.1) is 5.82 Å². The van der Waals surface area contributed by atoms with Gasteiger partial charge in [0, 0.05) is 37.2 Å². The Morgan fingerprint density at radius 1 is 1.12 bits per heavy atom. The number of halogens is 1. The molecule has 172 valence electrons. The van der Waals surface area contributed by atoms with Gasteiger partial charge in [0.05, 0.1) is 13.0 Å². The van der Waals surface area contributed by atoms with Gasteiger partial charge in [-0.1, -0.05) is 12.1 Å². The third-order valence-corrected chi connectivity index (χ3v) is 5.74. The van der Waals surface area contributed by atoms with Crippen LogP contribution in [0.2, 0.25) is 0 Å². The third-order valence-electron chi connectivity index (χ3n) is 5.74. The fraction of sp³-hybridized carbons (Fsp3) is 0.333. The lowest BCUT2D eigenvalue weighted by atomic mass is 9.98. The zero-order valence-electron chi connectivity index (χ0n) is 18.3. The first kappa shape index (κ1) is 22.4. The summed E-state index contributed by atoms with van der Waals surface area (Å²) >= 11 is 0. The molecule has 2 aromatic carbocycles. The predicted molar refractivity (Wildman–Crippen MR) is 120 cm³/mol. The average Bonchev–Trinajstić information content (AvgIpc) is 3.11. The van der Waals surface area contributed by atoms with Crippen LogP contribution in [0.15, 0.2) is 53.5 Å². The number of piperidine rings is 1. The molecule has 2 aliphatic heterocycles. The number of likely N-dealkylation sites (tertiary alicyclic amines) is 1. The molecule has 0 unspecified atom stereocenters. The van der Waals surface area contributed by atoms with Crippen molar-refractivity contribution in [2.75, 3.05) is 25.0 Å². The van der Waals surface area contributed by atoms with Crippen molar-refractivity contribution in [2.24, 2.45) is 4.99 Å². The Morgan fingerprint density at radius 3 is 2.42 bits per heavy atom. The highest BCUT2D eigenvalue weighted by molar-refractivity contribution is 6.46. The highest BCUT2D eigenvalue weighted by Crippen LogP contribution is 2.29. The smallest absolute Gasteiger partial charge is 0.321 e. The van der Waals surface area contributed by atoms with Gasteiger partial charge in [-0.3, -0.25) is 14.6 Å². The Morgan fingerprint density at radius 2 is 1.79 bits per heavy atom. The number of amides is 3. The minimum atomic E-state index is -0.744. The van der Waals surface area contributed by atoms with E-state index in [2.05, 4.69) is 15.6 Å². The summed E-state index contributed by atoms with van der Waals surface area (Å²) in [5, 5.41) is 5.80. The molecule has 0 aliphatic carbocycles. The first-order valence-corrected chi connectivity index (χ1v) is 10.9. The minimum Gasteiger partial charge on any atom is -0.466 e. The van der Waals surface area contributed by atoms with Gasteiger partial charge in [0.15, 0.2) is 0 Å². The van der Waals surface area contributed by atoms with Crippen molar-refractivity contribution in [3.63, 3.8) is 0 Å². The first-order chi connectivity index (χ1) is 15.9. The van der Waals surface area contributed by atoms with E-state index >= 15 is 0 Å². The van der Waals surface area contributed by atoms with Gasteiger partial charge in [0.25, 0.3) is 5.91 Å². The van der Waals surface area contributed by atoms with Gasteiger partial charge in [0.1, 0.15) is 17.2 Å². The lowest BCUT2D eigenvalue weighted by molar-refractivity contribution is -0.142. The standard InChI is InChI=1S/C24H25FN4O4/c1-2-33-20(30)15-16-3-9-19(10-4-16)26-23(32)29-13-11-24(12-14-29)27-21(22(31)28-24)17-5-7-18(25)8-6-17/h3-10H,2,11-15H2,1H3,(H,26,32)(H,28,31). The molecule has 9 heteroatoms. The van der Waals surface area contributed by atoms with E-state index in [4.69, 9.17) is 4.74 Å². The predicted octanol–water partition coefficient (Wildman–Crippen LogP) is 2.87. The molecule has 0 bridgehead atoms. The normalized spacial score (nSPS) is 16.8. The quantitative estimate of drug-likeness (QED) is 0.682. The fourth-order valence-corrected chi connectivity index (χ4v) is 3.97.